The lowest BCUT2D eigenvalue weighted by molar-refractivity contribution is 0.445. The third-order valence-corrected chi connectivity index (χ3v) is 6.20. The van der Waals surface area contributed by atoms with Crippen LogP contribution < -0.4 is 14.5 Å². The van der Waals surface area contributed by atoms with Gasteiger partial charge >= 0.3 is 11.3 Å². The van der Waals surface area contributed by atoms with E-state index in [1.807, 2.05) is 36.4 Å². The lowest BCUT2D eigenvalue weighted by Gasteiger charge is -2.20. The molecular weight excluding hydrogens is 408 g/mol. The van der Waals surface area contributed by atoms with E-state index in [-0.39, 0.29) is 0 Å². The van der Waals surface area contributed by atoms with E-state index in [4.69, 9.17) is 9.15 Å². The molecule has 3 aromatic carbocycles. The van der Waals surface area contributed by atoms with Crippen LogP contribution >= 0.6 is 0 Å². The van der Waals surface area contributed by atoms with Crippen LogP contribution in [0.15, 0.2) is 89.2 Å². The highest BCUT2D eigenvalue weighted by molar-refractivity contribution is 5.91. The van der Waals surface area contributed by atoms with Gasteiger partial charge in [-0.3, -0.25) is 0 Å². The highest BCUT2D eigenvalue weighted by Crippen LogP contribution is 2.40. The van der Waals surface area contributed by atoms with Crippen LogP contribution in [0, 0.1) is 0 Å². The maximum Gasteiger partial charge on any atom is 0.363 e. The standard InChI is InChI=1S/C29H29N2O2/c1-4-30(5-2)23-16-17-24-22(18-27(32-28(24)20-23)21-12-8-7-9-13-21)19-29-31(6-3)25-14-10-11-15-26(25)33-29/h7-20H,4-6H2,1-3H3/q+1. The van der Waals surface area contributed by atoms with Gasteiger partial charge in [0.15, 0.2) is 5.75 Å². The second kappa shape index (κ2) is 8.99. The zero-order valence-electron chi connectivity index (χ0n) is 19.4. The van der Waals surface area contributed by atoms with Crippen LogP contribution in [0.25, 0.3) is 28.4 Å². The van der Waals surface area contributed by atoms with Crippen molar-refractivity contribution in [2.75, 3.05) is 29.4 Å². The zero-order valence-corrected chi connectivity index (χ0v) is 19.4. The molecule has 5 rings (SSSR count). The fraction of sp³-hybridized carbons (Fsp3) is 0.207. The number of hydrogen-bond acceptors (Lipinski definition) is 3. The SMILES string of the molecule is CCN(CC)c1ccc2c(/C=C3\Oc4ccccc4N3CC)cc(-c3ccccc3)[o+]c2c1. The van der Waals surface area contributed by atoms with E-state index in [9.17, 15) is 0 Å². The first-order valence-corrected chi connectivity index (χ1v) is 11.7. The molecule has 0 saturated carbocycles. The Morgan fingerprint density at radius 2 is 1.64 bits per heavy atom. The smallest absolute Gasteiger partial charge is 0.363 e. The first kappa shape index (κ1) is 21.1. The van der Waals surface area contributed by atoms with Crippen LogP contribution in [0.2, 0.25) is 0 Å². The Hall–Kier alpha value is -3.79. The summed E-state index contributed by atoms with van der Waals surface area (Å²) in [4.78, 5) is 4.54. The summed E-state index contributed by atoms with van der Waals surface area (Å²) < 4.78 is 12.7. The van der Waals surface area contributed by atoms with Crippen molar-refractivity contribution in [3.8, 4) is 17.1 Å². The number of rotatable bonds is 6. The molecule has 0 spiro atoms. The largest absolute Gasteiger partial charge is 0.439 e. The third-order valence-electron chi connectivity index (χ3n) is 6.20. The summed E-state index contributed by atoms with van der Waals surface area (Å²) in [5.41, 5.74) is 5.26. The summed E-state index contributed by atoms with van der Waals surface area (Å²) in [5.74, 6) is 2.56. The van der Waals surface area contributed by atoms with E-state index in [0.29, 0.717) is 0 Å². The van der Waals surface area contributed by atoms with Crippen molar-refractivity contribution in [3.63, 3.8) is 0 Å². The second-order valence-electron chi connectivity index (χ2n) is 8.08. The molecular formula is C29H29N2O2+. The molecule has 0 aliphatic carbocycles. The summed E-state index contributed by atoms with van der Waals surface area (Å²) in [6.07, 6.45) is 2.13. The minimum Gasteiger partial charge on any atom is -0.439 e. The highest BCUT2D eigenvalue weighted by atomic mass is 16.5. The average molecular weight is 438 g/mol. The molecule has 4 nitrogen and oxygen atoms in total. The Bertz CT molecular complexity index is 1310. The maximum atomic E-state index is 6.44. The number of benzene rings is 3. The number of nitrogens with zero attached hydrogens (tertiary/aromatic N) is 2. The van der Waals surface area contributed by atoms with Gasteiger partial charge in [0.25, 0.3) is 0 Å². The van der Waals surface area contributed by atoms with E-state index in [1.165, 1.54) is 5.69 Å². The summed E-state index contributed by atoms with van der Waals surface area (Å²) in [6, 6.07) is 27.0. The van der Waals surface area contributed by atoms with Gasteiger partial charge in [-0.25, -0.2) is 4.42 Å². The predicted molar refractivity (Wildman–Crippen MR) is 138 cm³/mol. The molecule has 33 heavy (non-hydrogen) atoms. The average Bonchev–Trinajstić information content (AvgIpc) is 3.22. The molecule has 0 radical (unpaired) electrons. The van der Waals surface area contributed by atoms with Gasteiger partial charge in [-0.2, -0.15) is 0 Å². The maximum absolute atomic E-state index is 6.44. The number of fused-ring (bicyclic) bond motifs is 2. The van der Waals surface area contributed by atoms with Gasteiger partial charge in [0, 0.05) is 37.0 Å². The van der Waals surface area contributed by atoms with Gasteiger partial charge in [-0.05, 0) is 57.2 Å². The first-order valence-electron chi connectivity index (χ1n) is 11.7. The molecule has 4 aromatic rings. The summed E-state index contributed by atoms with van der Waals surface area (Å²) >= 11 is 0. The van der Waals surface area contributed by atoms with E-state index < -0.39 is 0 Å². The van der Waals surface area contributed by atoms with Crippen LogP contribution in [-0.4, -0.2) is 19.6 Å². The molecule has 0 unspecified atom stereocenters. The highest BCUT2D eigenvalue weighted by Gasteiger charge is 2.26. The summed E-state index contributed by atoms with van der Waals surface area (Å²) in [7, 11) is 0. The van der Waals surface area contributed by atoms with Gasteiger partial charge in [0.1, 0.15) is 0 Å². The molecule has 0 saturated heterocycles. The molecule has 0 amide bonds. The molecule has 0 bridgehead atoms. The lowest BCUT2D eigenvalue weighted by atomic mass is 10.0. The number of anilines is 2. The first-order chi connectivity index (χ1) is 16.2. The molecule has 1 aliphatic heterocycles. The van der Waals surface area contributed by atoms with Crippen molar-refractivity contribution >= 4 is 28.4 Å². The fourth-order valence-electron chi connectivity index (χ4n) is 4.47. The van der Waals surface area contributed by atoms with Crippen molar-refractivity contribution in [1.29, 1.82) is 0 Å². The summed E-state index contributed by atoms with van der Waals surface area (Å²) in [5, 5.41) is 1.06. The lowest BCUT2D eigenvalue weighted by Crippen LogP contribution is -2.21. The van der Waals surface area contributed by atoms with Crippen molar-refractivity contribution < 1.29 is 9.15 Å². The van der Waals surface area contributed by atoms with E-state index in [1.54, 1.807) is 0 Å². The monoisotopic (exact) mass is 437 g/mol. The molecule has 166 valence electrons. The zero-order chi connectivity index (χ0) is 22.8. The van der Waals surface area contributed by atoms with Gasteiger partial charge < -0.3 is 14.5 Å². The van der Waals surface area contributed by atoms with Crippen molar-refractivity contribution in [1.82, 2.24) is 0 Å². The van der Waals surface area contributed by atoms with Crippen molar-refractivity contribution in [2.45, 2.75) is 20.8 Å². The van der Waals surface area contributed by atoms with Gasteiger partial charge in [0.2, 0.25) is 5.88 Å². The summed E-state index contributed by atoms with van der Waals surface area (Å²) in [6.45, 7) is 9.23. The van der Waals surface area contributed by atoms with Crippen molar-refractivity contribution in [3.05, 3.63) is 90.3 Å². The molecule has 4 heteroatoms. The number of ether oxygens (including phenoxy) is 1. The molecule has 1 aliphatic rings. The van der Waals surface area contributed by atoms with E-state index in [2.05, 4.69) is 79.1 Å². The minimum absolute atomic E-state index is 0.829. The Kier molecular flexibility index (Phi) is 5.74. The van der Waals surface area contributed by atoms with Crippen LogP contribution in [0.4, 0.5) is 11.4 Å². The predicted octanol–water partition coefficient (Wildman–Crippen LogP) is 7.44. The second-order valence-corrected chi connectivity index (χ2v) is 8.08. The van der Waals surface area contributed by atoms with Crippen LogP contribution in [0.3, 0.4) is 0 Å². The molecule has 0 N–H and O–H groups in total. The number of hydrogen-bond donors (Lipinski definition) is 0. The fourth-order valence-corrected chi connectivity index (χ4v) is 4.47. The molecule has 0 atom stereocenters. The Labute approximate surface area is 195 Å². The third kappa shape index (κ3) is 3.93. The van der Waals surface area contributed by atoms with Gasteiger partial charge in [-0.15, -0.1) is 0 Å². The quantitative estimate of drug-likeness (QED) is 0.293. The Balaban J connectivity index is 1.68. The molecule has 1 aromatic heterocycles. The van der Waals surface area contributed by atoms with Crippen LogP contribution in [0.1, 0.15) is 26.3 Å². The van der Waals surface area contributed by atoms with E-state index in [0.717, 1.165) is 64.8 Å². The molecule has 0 fully saturated rings. The number of para-hydroxylation sites is 2. The van der Waals surface area contributed by atoms with E-state index >= 15 is 0 Å². The Morgan fingerprint density at radius 1 is 0.879 bits per heavy atom. The van der Waals surface area contributed by atoms with Crippen molar-refractivity contribution in [2.24, 2.45) is 0 Å². The van der Waals surface area contributed by atoms with Gasteiger partial charge in [-0.1, -0.05) is 30.3 Å². The van der Waals surface area contributed by atoms with Crippen LogP contribution in [-0.2, 0) is 0 Å². The Morgan fingerprint density at radius 3 is 2.39 bits per heavy atom. The topological polar surface area (TPSA) is 27.0 Å². The minimum atomic E-state index is 0.829. The van der Waals surface area contributed by atoms with Crippen LogP contribution in [0.5, 0.6) is 5.75 Å². The normalized spacial score (nSPS) is 13.9. The molecule has 2 heterocycles. The van der Waals surface area contributed by atoms with Gasteiger partial charge in [0.05, 0.1) is 28.8 Å².